The third kappa shape index (κ3) is 5.50. The van der Waals surface area contributed by atoms with Crippen LogP contribution in [0.3, 0.4) is 0 Å². The van der Waals surface area contributed by atoms with E-state index < -0.39 is 16.1 Å². The quantitative estimate of drug-likeness (QED) is 0.701. The molecule has 1 amide bonds. The fraction of sp³-hybridized carbons (Fsp3) is 0.588. The molecule has 2 rings (SSSR count). The lowest BCUT2D eigenvalue weighted by molar-refractivity contribution is -0.136. The van der Waals surface area contributed by atoms with Gasteiger partial charge in [0.1, 0.15) is 6.61 Å². The molecule has 0 spiro atoms. The summed E-state index contributed by atoms with van der Waals surface area (Å²) >= 11 is 0. The van der Waals surface area contributed by atoms with Crippen LogP contribution in [0.1, 0.15) is 31.4 Å². The Morgan fingerprint density at radius 1 is 1.40 bits per heavy atom. The molecule has 0 aliphatic carbocycles. The van der Waals surface area contributed by atoms with Gasteiger partial charge in [-0.05, 0) is 49.9 Å². The maximum absolute atomic E-state index is 12.3. The zero-order valence-corrected chi connectivity index (χ0v) is 15.5. The summed E-state index contributed by atoms with van der Waals surface area (Å²) in [6.07, 6.45) is 0.428. The van der Waals surface area contributed by atoms with E-state index >= 15 is 0 Å². The van der Waals surface area contributed by atoms with Gasteiger partial charge in [0.05, 0.1) is 11.0 Å². The Labute approximate surface area is 149 Å². The third-order valence-corrected chi connectivity index (χ3v) is 5.60. The number of carbonyl (C=O) groups is 1. The highest BCUT2D eigenvalue weighted by atomic mass is 32.2. The molecule has 0 aromatic heterocycles. The number of carbonyl (C=O) groups excluding carboxylic acids is 1. The van der Waals surface area contributed by atoms with Crippen LogP contribution in [0.25, 0.3) is 0 Å². The van der Waals surface area contributed by atoms with Crippen LogP contribution in [0.15, 0.2) is 23.1 Å². The number of aliphatic hydroxyl groups excluding tert-OH is 1. The minimum atomic E-state index is -3.59. The van der Waals surface area contributed by atoms with Crippen molar-refractivity contribution in [1.29, 1.82) is 0 Å². The molecule has 1 aromatic rings. The first kappa shape index (κ1) is 19.8. The molecule has 2 N–H and O–H groups in total. The monoisotopic (exact) mass is 370 g/mol. The number of fused-ring (bicyclic) bond motifs is 1. The van der Waals surface area contributed by atoms with Crippen LogP contribution >= 0.6 is 0 Å². The number of hydrogen-bond acceptors (Lipinski definition) is 5. The standard InChI is InChI=1S/C17H26N2O5S/c1-3-24-12-17(21)19-9-7-14-10-16(5-4-15(14)11-19)25(22,23)18-8-6-13(2)20/h4-5,10,13,18,20H,3,6-9,11-12H2,1-2H3/t13-/m1/s1. The van der Waals surface area contributed by atoms with Gasteiger partial charge in [0.25, 0.3) is 0 Å². The van der Waals surface area contributed by atoms with Gasteiger partial charge >= 0.3 is 0 Å². The van der Waals surface area contributed by atoms with E-state index in [1.165, 1.54) is 0 Å². The molecule has 8 heteroatoms. The summed E-state index contributed by atoms with van der Waals surface area (Å²) in [5.41, 5.74) is 1.90. The van der Waals surface area contributed by atoms with Crippen LogP contribution in [0.5, 0.6) is 0 Å². The number of nitrogens with zero attached hydrogens (tertiary/aromatic N) is 1. The van der Waals surface area contributed by atoms with Gasteiger partial charge in [-0.1, -0.05) is 6.07 Å². The zero-order chi connectivity index (χ0) is 18.4. The van der Waals surface area contributed by atoms with E-state index in [9.17, 15) is 18.3 Å². The number of ether oxygens (including phenoxy) is 1. The minimum absolute atomic E-state index is 0.0519. The second-order valence-corrected chi connectivity index (χ2v) is 7.94. The largest absolute Gasteiger partial charge is 0.393 e. The van der Waals surface area contributed by atoms with Gasteiger partial charge in [-0.2, -0.15) is 0 Å². The summed E-state index contributed by atoms with van der Waals surface area (Å²) in [5, 5.41) is 9.23. The zero-order valence-electron chi connectivity index (χ0n) is 14.7. The molecule has 1 heterocycles. The molecule has 0 saturated carbocycles. The molecule has 7 nitrogen and oxygen atoms in total. The van der Waals surface area contributed by atoms with Crippen LogP contribution in [0.2, 0.25) is 0 Å². The maximum atomic E-state index is 12.3. The molecule has 25 heavy (non-hydrogen) atoms. The molecular formula is C17H26N2O5S. The summed E-state index contributed by atoms with van der Waals surface area (Å²) in [4.78, 5) is 14.0. The van der Waals surface area contributed by atoms with Crippen molar-refractivity contribution >= 4 is 15.9 Å². The highest BCUT2D eigenvalue weighted by molar-refractivity contribution is 7.89. The minimum Gasteiger partial charge on any atom is -0.393 e. The third-order valence-electron chi connectivity index (χ3n) is 4.14. The fourth-order valence-corrected chi connectivity index (χ4v) is 3.77. The molecule has 0 bridgehead atoms. The summed E-state index contributed by atoms with van der Waals surface area (Å²) in [7, 11) is -3.59. The van der Waals surface area contributed by atoms with Gasteiger partial charge in [0.2, 0.25) is 15.9 Å². The molecule has 1 aromatic carbocycles. The van der Waals surface area contributed by atoms with Crippen LogP contribution < -0.4 is 4.72 Å². The van der Waals surface area contributed by atoms with Crippen molar-refractivity contribution in [3.05, 3.63) is 29.3 Å². The number of rotatable bonds is 8. The van der Waals surface area contributed by atoms with Gasteiger partial charge in [0.15, 0.2) is 0 Å². The Morgan fingerprint density at radius 2 is 2.16 bits per heavy atom. The summed E-state index contributed by atoms with van der Waals surface area (Å²) in [6.45, 7) is 5.25. The average Bonchev–Trinajstić information content (AvgIpc) is 2.58. The van der Waals surface area contributed by atoms with Crippen molar-refractivity contribution in [2.24, 2.45) is 0 Å². The predicted molar refractivity (Wildman–Crippen MR) is 93.5 cm³/mol. The van der Waals surface area contributed by atoms with Crippen molar-refractivity contribution < 1.29 is 23.1 Å². The smallest absolute Gasteiger partial charge is 0.248 e. The second-order valence-electron chi connectivity index (χ2n) is 6.17. The second kappa shape index (κ2) is 8.75. The van der Waals surface area contributed by atoms with E-state index in [4.69, 9.17) is 4.74 Å². The molecule has 140 valence electrons. The SMILES string of the molecule is CCOCC(=O)N1CCc2cc(S(=O)(=O)NCC[C@@H](C)O)ccc2C1. The Kier molecular flexibility index (Phi) is 6.95. The van der Waals surface area contributed by atoms with Crippen LogP contribution in [-0.2, 0) is 32.5 Å². The van der Waals surface area contributed by atoms with Crippen LogP contribution in [0, 0.1) is 0 Å². The number of hydrogen-bond donors (Lipinski definition) is 2. The molecule has 1 atom stereocenters. The van der Waals surface area contributed by atoms with Gasteiger partial charge in [-0.15, -0.1) is 0 Å². The van der Waals surface area contributed by atoms with E-state index in [1.54, 1.807) is 30.0 Å². The van der Waals surface area contributed by atoms with Crippen LogP contribution in [0.4, 0.5) is 0 Å². The first-order chi connectivity index (χ1) is 11.8. The Hall–Kier alpha value is -1.48. The van der Waals surface area contributed by atoms with Gasteiger partial charge in [0, 0.05) is 26.2 Å². The first-order valence-electron chi connectivity index (χ1n) is 8.48. The normalized spacial score (nSPS) is 15.7. The molecule has 1 aliphatic rings. The number of aliphatic hydroxyl groups is 1. The van der Waals surface area contributed by atoms with Crippen molar-refractivity contribution in [2.45, 2.75) is 44.2 Å². The number of benzene rings is 1. The first-order valence-corrected chi connectivity index (χ1v) is 9.97. The number of nitrogens with one attached hydrogen (secondary N) is 1. The van der Waals surface area contributed by atoms with E-state index in [-0.39, 0.29) is 24.0 Å². The Balaban J connectivity index is 2.05. The predicted octanol–water partition coefficient (Wildman–Crippen LogP) is 0.657. The lowest BCUT2D eigenvalue weighted by atomic mass is 10.00. The Morgan fingerprint density at radius 3 is 2.84 bits per heavy atom. The van der Waals surface area contributed by atoms with Crippen molar-refractivity contribution in [2.75, 3.05) is 26.3 Å². The number of sulfonamides is 1. The van der Waals surface area contributed by atoms with Gasteiger partial charge < -0.3 is 14.7 Å². The number of amides is 1. The lowest BCUT2D eigenvalue weighted by Gasteiger charge is -2.29. The van der Waals surface area contributed by atoms with E-state index in [0.29, 0.717) is 32.5 Å². The molecule has 0 fully saturated rings. The molecule has 0 unspecified atom stereocenters. The van der Waals surface area contributed by atoms with Crippen molar-refractivity contribution in [3.63, 3.8) is 0 Å². The van der Waals surface area contributed by atoms with E-state index in [2.05, 4.69) is 4.72 Å². The van der Waals surface area contributed by atoms with E-state index in [1.807, 2.05) is 6.92 Å². The maximum Gasteiger partial charge on any atom is 0.248 e. The van der Waals surface area contributed by atoms with Crippen molar-refractivity contribution in [3.8, 4) is 0 Å². The summed E-state index contributed by atoms with van der Waals surface area (Å²) in [5.74, 6) is -0.0519. The highest BCUT2D eigenvalue weighted by Crippen LogP contribution is 2.22. The van der Waals surface area contributed by atoms with Crippen molar-refractivity contribution in [1.82, 2.24) is 9.62 Å². The summed E-state index contributed by atoms with van der Waals surface area (Å²) in [6, 6.07) is 4.99. The fourth-order valence-electron chi connectivity index (χ4n) is 2.68. The lowest BCUT2D eigenvalue weighted by Crippen LogP contribution is -2.38. The molecule has 1 aliphatic heterocycles. The van der Waals surface area contributed by atoms with Gasteiger partial charge in [-0.3, -0.25) is 4.79 Å². The van der Waals surface area contributed by atoms with Crippen LogP contribution in [-0.4, -0.2) is 56.7 Å². The topological polar surface area (TPSA) is 95.9 Å². The average molecular weight is 370 g/mol. The summed E-state index contributed by atoms with van der Waals surface area (Å²) < 4.78 is 32.3. The van der Waals surface area contributed by atoms with E-state index in [0.717, 1.165) is 11.1 Å². The highest BCUT2D eigenvalue weighted by Gasteiger charge is 2.23. The molecular weight excluding hydrogens is 344 g/mol. The molecule has 0 radical (unpaired) electrons. The molecule has 0 saturated heterocycles. The van der Waals surface area contributed by atoms with Gasteiger partial charge in [-0.25, -0.2) is 13.1 Å². The Bertz CT molecular complexity index is 703.